The van der Waals surface area contributed by atoms with Crippen molar-refractivity contribution in [2.45, 2.75) is 31.1 Å². The molecule has 0 unspecified atom stereocenters. The molecule has 24 heavy (non-hydrogen) atoms. The molecule has 0 radical (unpaired) electrons. The molecule has 0 spiro atoms. The van der Waals surface area contributed by atoms with Gasteiger partial charge in [0, 0.05) is 18.1 Å². The van der Waals surface area contributed by atoms with Crippen LogP contribution < -0.4 is 0 Å². The maximum atomic E-state index is 12.8. The van der Waals surface area contributed by atoms with Crippen LogP contribution in [0.5, 0.6) is 0 Å². The van der Waals surface area contributed by atoms with E-state index >= 15 is 0 Å². The van der Waals surface area contributed by atoms with Crippen LogP contribution in [0.1, 0.15) is 24.0 Å². The van der Waals surface area contributed by atoms with Gasteiger partial charge in [-0.25, -0.2) is 8.42 Å². The second kappa shape index (κ2) is 7.26. The lowest BCUT2D eigenvalue weighted by atomic mass is 9.91. The van der Waals surface area contributed by atoms with Gasteiger partial charge in [-0.05, 0) is 61.4 Å². The Labute approximate surface area is 149 Å². The van der Waals surface area contributed by atoms with E-state index < -0.39 is 10.0 Å². The maximum absolute atomic E-state index is 12.8. The second-order valence-electron chi connectivity index (χ2n) is 6.45. The molecule has 0 aliphatic carbocycles. The van der Waals surface area contributed by atoms with Crippen molar-refractivity contribution in [3.63, 3.8) is 0 Å². The molecule has 0 aromatic heterocycles. The predicted molar refractivity (Wildman–Crippen MR) is 97.8 cm³/mol. The van der Waals surface area contributed by atoms with Crippen LogP contribution in [0.25, 0.3) is 0 Å². The van der Waals surface area contributed by atoms with E-state index in [0.29, 0.717) is 28.9 Å². The Morgan fingerprint density at radius 2 is 1.75 bits per heavy atom. The number of sulfonamides is 1. The lowest BCUT2D eigenvalue weighted by molar-refractivity contribution is 0.273. The smallest absolute Gasteiger partial charge is 0.207 e. The lowest BCUT2D eigenvalue weighted by Crippen LogP contribution is -2.38. The zero-order valence-corrected chi connectivity index (χ0v) is 15.4. The first-order chi connectivity index (χ1) is 11.5. The number of aryl methyl sites for hydroxylation is 1. The van der Waals surface area contributed by atoms with Crippen molar-refractivity contribution in [1.29, 1.82) is 0 Å². The van der Waals surface area contributed by atoms with Crippen molar-refractivity contribution in [3.8, 4) is 0 Å². The highest BCUT2D eigenvalue weighted by atomic mass is 35.5. The fourth-order valence-corrected chi connectivity index (χ4v) is 4.90. The van der Waals surface area contributed by atoms with E-state index in [4.69, 9.17) is 11.6 Å². The molecule has 0 saturated carbocycles. The number of hydrogen-bond donors (Lipinski definition) is 0. The van der Waals surface area contributed by atoms with E-state index in [9.17, 15) is 8.42 Å². The SMILES string of the molecule is Cc1cc(S(=O)(=O)N2CCC(Cc3ccccc3)CC2)ccc1Cl. The van der Waals surface area contributed by atoms with Gasteiger partial charge in [0.15, 0.2) is 0 Å². The van der Waals surface area contributed by atoms with Gasteiger partial charge in [0.05, 0.1) is 4.90 Å². The summed E-state index contributed by atoms with van der Waals surface area (Å²) in [6.07, 6.45) is 2.83. The van der Waals surface area contributed by atoms with Crippen LogP contribution in [-0.4, -0.2) is 25.8 Å². The van der Waals surface area contributed by atoms with Crippen LogP contribution in [0.2, 0.25) is 5.02 Å². The monoisotopic (exact) mass is 363 g/mol. The van der Waals surface area contributed by atoms with Crippen LogP contribution in [0.3, 0.4) is 0 Å². The molecular formula is C19H22ClNO2S. The number of rotatable bonds is 4. The molecule has 1 aliphatic heterocycles. The van der Waals surface area contributed by atoms with E-state index in [2.05, 4.69) is 24.3 Å². The number of halogens is 1. The molecular weight excluding hydrogens is 342 g/mol. The Morgan fingerprint density at radius 3 is 2.38 bits per heavy atom. The highest BCUT2D eigenvalue weighted by Gasteiger charge is 2.29. The molecule has 0 amide bonds. The molecule has 3 rings (SSSR count). The first-order valence-electron chi connectivity index (χ1n) is 8.27. The molecule has 1 heterocycles. The van der Waals surface area contributed by atoms with Gasteiger partial charge in [0.2, 0.25) is 10.0 Å². The third-order valence-corrected chi connectivity index (χ3v) is 7.03. The van der Waals surface area contributed by atoms with Crippen molar-refractivity contribution in [3.05, 3.63) is 64.7 Å². The van der Waals surface area contributed by atoms with E-state index in [1.807, 2.05) is 13.0 Å². The standard InChI is InChI=1S/C19H22ClNO2S/c1-15-13-18(7-8-19(15)20)24(22,23)21-11-9-17(10-12-21)14-16-5-3-2-4-6-16/h2-8,13,17H,9-12,14H2,1H3. The molecule has 128 valence electrons. The average molecular weight is 364 g/mol. The summed E-state index contributed by atoms with van der Waals surface area (Å²) in [6, 6.07) is 15.3. The number of nitrogens with zero attached hydrogens (tertiary/aromatic N) is 1. The average Bonchev–Trinajstić information content (AvgIpc) is 2.58. The third-order valence-electron chi connectivity index (χ3n) is 4.71. The summed E-state index contributed by atoms with van der Waals surface area (Å²) >= 11 is 6.00. The fourth-order valence-electron chi connectivity index (χ4n) is 3.23. The fraction of sp³-hybridized carbons (Fsp3) is 0.368. The van der Waals surface area contributed by atoms with Crippen LogP contribution in [0, 0.1) is 12.8 Å². The van der Waals surface area contributed by atoms with Crippen LogP contribution in [0.4, 0.5) is 0 Å². The molecule has 1 saturated heterocycles. The largest absolute Gasteiger partial charge is 0.243 e. The quantitative estimate of drug-likeness (QED) is 0.812. The lowest BCUT2D eigenvalue weighted by Gasteiger charge is -2.31. The molecule has 0 N–H and O–H groups in total. The molecule has 5 heteroatoms. The highest BCUT2D eigenvalue weighted by Crippen LogP contribution is 2.27. The summed E-state index contributed by atoms with van der Waals surface area (Å²) in [7, 11) is -3.42. The Bertz CT molecular complexity index is 797. The van der Waals surface area contributed by atoms with E-state index in [0.717, 1.165) is 24.8 Å². The Hall–Kier alpha value is -1.36. The molecule has 2 aromatic rings. The molecule has 0 atom stereocenters. The van der Waals surface area contributed by atoms with Crippen LogP contribution >= 0.6 is 11.6 Å². The predicted octanol–water partition coefficient (Wildman–Crippen LogP) is 4.29. The zero-order chi connectivity index (χ0) is 17.2. The summed E-state index contributed by atoms with van der Waals surface area (Å²) in [5, 5.41) is 0.593. The summed E-state index contributed by atoms with van der Waals surface area (Å²) in [5.74, 6) is 0.547. The topological polar surface area (TPSA) is 37.4 Å². The first kappa shape index (κ1) is 17.5. The van der Waals surface area contributed by atoms with Gasteiger partial charge in [-0.15, -0.1) is 0 Å². The van der Waals surface area contributed by atoms with Gasteiger partial charge in [0.1, 0.15) is 0 Å². The van der Waals surface area contributed by atoms with Crippen LogP contribution in [0.15, 0.2) is 53.4 Å². The van der Waals surface area contributed by atoms with Crippen molar-refractivity contribution < 1.29 is 8.42 Å². The third kappa shape index (κ3) is 3.82. The van der Waals surface area contributed by atoms with Crippen LogP contribution in [-0.2, 0) is 16.4 Å². The Morgan fingerprint density at radius 1 is 1.08 bits per heavy atom. The zero-order valence-electron chi connectivity index (χ0n) is 13.8. The molecule has 3 nitrogen and oxygen atoms in total. The minimum absolute atomic E-state index is 0.339. The molecule has 2 aromatic carbocycles. The van der Waals surface area contributed by atoms with Gasteiger partial charge >= 0.3 is 0 Å². The maximum Gasteiger partial charge on any atom is 0.243 e. The number of hydrogen-bond acceptors (Lipinski definition) is 2. The summed E-state index contributed by atoms with van der Waals surface area (Å²) in [4.78, 5) is 0.339. The van der Waals surface area contributed by atoms with Gasteiger partial charge < -0.3 is 0 Å². The Kier molecular flexibility index (Phi) is 5.28. The van der Waals surface area contributed by atoms with Gasteiger partial charge in [0.25, 0.3) is 0 Å². The van der Waals surface area contributed by atoms with E-state index in [-0.39, 0.29) is 0 Å². The van der Waals surface area contributed by atoms with Gasteiger partial charge in [-0.1, -0.05) is 41.9 Å². The first-order valence-corrected chi connectivity index (χ1v) is 10.1. The summed E-state index contributed by atoms with van der Waals surface area (Å²) in [5.41, 5.74) is 2.11. The number of piperidine rings is 1. The minimum Gasteiger partial charge on any atom is -0.207 e. The minimum atomic E-state index is -3.42. The van der Waals surface area contributed by atoms with Gasteiger partial charge in [-0.2, -0.15) is 4.31 Å². The van der Waals surface area contributed by atoms with Crippen molar-refractivity contribution >= 4 is 21.6 Å². The van der Waals surface area contributed by atoms with Crippen molar-refractivity contribution in [1.82, 2.24) is 4.31 Å². The molecule has 1 fully saturated rings. The van der Waals surface area contributed by atoms with Gasteiger partial charge in [-0.3, -0.25) is 0 Å². The van der Waals surface area contributed by atoms with E-state index in [1.165, 1.54) is 5.56 Å². The van der Waals surface area contributed by atoms with Crippen molar-refractivity contribution in [2.24, 2.45) is 5.92 Å². The highest BCUT2D eigenvalue weighted by molar-refractivity contribution is 7.89. The van der Waals surface area contributed by atoms with Crippen molar-refractivity contribution in [2.75, 3.05) is 13.1 Å². The molecule has 1 aliphatic rings. The molecule has 0 bridgehead atoms. The normalized spacial score (nSPS) is 17.1. The van der Waals surface area contributed by atoms with E-state index in [1.54, 1.807) is 22.5 Å². The Balaban J connectivity index is 1.66. The summed E-state index contributed by atoms with van der Waals surface area (Å²) < 4.78 is 27.2. The summed E-state index contributed by atoms with van der Waals surface area (Å²) in [6.45, 7) is 3.00. The number of benzene rings is 2. The second-order valence-corrected chi connectivity index (χ2v) is 8.79.